The van der Waals surface area contributed by atoms with Gasteiger partial charge in [0.05, 0.1) is 12.1 Å². The number of nitrogens with one attached hydrogen (secondary N) is 1. The Kier molecular flexibility index (Phi) is 6.63. The van der Waals surface area contributed by atoms with Crippen molar-refractivity contribution in [3.05, 3.63) is 45.4 Å². The molecule has 6 heteroatoms. The van der Waals surface area contributed by atoms with Crippen molar-refractivity contribution in [3.63, 3.8) is 0 Å². The molecule has 2 aromatic rings. The first-order chi connectivity index (χ1) is 11.3. The van der Waals surface area contributed by atoms with Crippen molar-refractivity contribution in [1.29, 1.82) is 0 Å². The molecule has 0 aliphatic carbocycles. The van der Waals surface area contributed by atoms with Crippen molar-refractivity contribution in [2.24, 2.45) is 5.41 Å². The molecular formula is C18H23ClN2O2S. The zero-order chi connectivity index (χ0) is 17.6. The summed E-state index contributed by atoms with van der Waals surface area (Å²) in [5.41, 5.74) is 1.00. The van der Waals surface area contributed by atoms with Crippen LogP contribution in [-0.2, 0) is 17.8 Å². The van der Waals surface area contributed by atoms with E-state index < -0.39 is 0 Å². The van der Waals surface area contributed by atoms with Gasteiger partial charge in [0.15, 0.2) is 0 Å². The van der Waals surface area contributed by atoms with Crippen LogP contribution in [0.3, 0.4) is 0 Å². The Balaban J connectivity index is 1.76. The lowest BCUT2D eigenvalue weighted by Crippen LogP contribution is -2.28. The second-order valence-electron chi connectivity index (χ2n) is 6.81. The highest BCUT2D eigenvalue weighted by atomic mass is 35.5. The maximum Gasteiger partial charge on any atom is 0.226 e. The number of ether oxygens (including phenoxy) is 1. The van der Waals surface area contributed by atoms with E-state index in [9.17, 15) is 4.79 Å². The summed E-state index contributed by atoms with van der Waals surface area (Å²) in [6.45, 7) is 7.56. The molecule has 24 heavy (non-hydrogen) atoms. The molecule has 0 saturated heterocycles. The number of rotatable bonds is 7. The van der Waals surface area contributed by atoms with Crippen LogP contribution < -0.4 is 10.1 Å². The van der Waals surface area contributed by atoms with Gasteiger partial charge in [-0.25, -0.2) is 4.98 Å². The van der Waals surface area contributed by atoms with Gasteiger partial charge in [0, 0.05) is 16.9 Å². The molecule has 0 bridgehead atoms. The second-order valence-corrected chi connectivity index (χ2v) is 8.19. The number of thiazole rings is 1. The summed E-state index contributed by atoms with van der Waals surface area (Å²) in [7, 11) is 0. The molecule has 0 aliphatic heterocycles. The minimum atomic E-state index is 0.00900. The van der Waals surface area contributed by atoms with Crippen LogP contribution in [0.2, 0.25) is 5.02 Å². The number of nitrogens with zero attached hydrogens (tertiary/aromatic N) is 1. The van der Waals surface area contributed by atoms with E-state index in [0.29, 0.717) is 24.6 Å². The lowest BCUT2D eigenvalue weighted by Gasteiger charge is -2.17. The fourth-order valence-corrected chi connectivity index (χ4v) is 2.81. The van der Waals surface area contributed by atoms with E-state index in [0.717, 1.165) is 22.9 Å². The predicted molar refractivity (Wildman–Crippen MR) is 98.7 cm³/mol. The van der Waals surface area contributed by atoms with Crippen LogP contribution >= 0.6 is 22.9 Å². The molecule has 1 aromatic carbocycles. The maximum atomic E-state index is 11.9. The van der Waals surface area contributed by atoms with Gasteiger partial charge in [0.2, 0.25) is 5.91 Å². The quantitative estimate of drug-likeness (QED) is 0.786. The van der Waals surface area contributed by atoms with Crippen molar-refractivity contribution >= 4 is 28.8 Å². The van der Waals surface area contributed by atoms with E-state index in [-0.39, 0.29) is 11.3 Å². The van der Waals surface area contributed by atoms with Crippen molar-refractivity contribution in [3.8, 4) is 5.75 Å². The summed E-state index contributed by atoms with van der Waals surface area (Å²) in [4.78, 5) is 16.4. The van der Waals surface area contributed by atoms with Gasteiger partial charge in [-0.2, -0.15) is 0 Å². The van der Waals surface area contributed by atoms with E-state index in [1.165, 1.54) is 11.3 Å². The first-order valence-electron chi connectivity index (χ1n) is 7.90. The standard InChI is InChI=1S/C18H23ClN2O2S/c1-18(2,3)8-9-20-16(22)10-14-12-24-17(21-14)11-23-15-6-4-13(19)5-7-15/h4-7,12H,8-11H2,1-3H3,(H,20,22). The minimum Gasteiger partial charge on any atom is -0.486 e. The molecule has 130 valence electrons. The first kappa shape index (κ1) is 18.7. The number of benzene rings is 1. The summed E-state index contributed by atoms with van der Waals surface area (Å²) in [5.74, 6) is 0.755. The van der Waals surface area contributed by atoms with Crippen LogP contribution in [0.5, 0.6) is 5.75 Å². The van der Waals surface area contributed by atoms with Crippen molar-refractivity contribution < 1.29 is 9.53 Å². The van der Waals surface area contributed by atoms with E-state index in [1.54, 1.807) is 12.1 Å². The summed E-state index contributed by atoms with van der Waals surface area (Å²) < 4.78 is 5.66. The smallest absolute Gasteiger partial charge is 0.226 e. The van der Waals surface area contributed by atoms with Gasteiger partial charge in [-0.1, -0.05) is 32.4 Å². The van der Waals surface area contributed by atoms with E-state index in [2.05, 4.69) is 31.1 Å². The van der Waals surface area contributed by atoms with Gasteiger partial charge in [0.1, 0.15) is 17.4 Å². The van der Waals surface area contributed by atoms with Gasteiger partial charge < -0.3 is 10.1 Å². The van der Waals surface area contributed by atoms with Gasteiger partial charge in [0.25, 0.3) is 0 Å². The maximum absolute atomic E-state index is 11.9. The number of amides is 1. The Bertz CT molecular complexity index is 662. The zero-order valence-corrected chi connectivity index (χ0v) is 15.8. The third-order valence-electron chi connectivity index (χ3n) is 3.31. The SMILES string of the molecule is CC(C)(C)CCNC(=O)Cc1csc(COc2ccc(Cl)cc2)n1. The highest BCUT2D eigenvalue weighted by molar-refractivity contribution is 7.09. The van der Waals surface area contributed by atoms with Crippen molar-refractivity contribution in [1.82, 2.24) is 10.3 Å². The van der Waals surface area contributed by atoms with Crippen LogP contribution in [0.25, 0.3) is 0 Å². The molecule has 0 fully saturated rings. The van der Waals surface area contributed by atoms with Crippen LogP contribution in [0, 0.1) is 5.41 Å². The lowest BCUT2D eigenvalue weighted by molar-refractivity contribution is -0.120. The van der Waals surface area contributed by atoms with Crippen LogP contribution in [0.15, 0.2) is 29.6 Å². The number of carbonyl (C=O) groups excluding carboxylic acids is 1. The fraction of sp³-hybridized carbons (Fsp3) is 0.444. The van der Waals surface area contributed by atoms with E-state index >= 15 is 0 Å². The molecule has 1 N–H and O–H groups in total. The molecule has 0 aliphatic rings. The molecule has 1 heterocycles. The van der Waals surface area contributed by atoms with Crippen molar-refractivity contribution in [2.75, 3.05) is 6.54 Å². The Morgan fingerprint density at radius 1 is 1.29 bits per heavy atom. The van der Waals surface area contributed by atoms with E-state index in [1.807, 2.05) is 17.5 Å². The average molecular weight is 367 g/mol. The zero-order valence-electron chi connectivity index (χ0n) is 14.3. The molecule has 4 nitrogen and oxygen atoms in total. The molecule has 0 atom stereocenters. The third-order valence-corrected chi connectivity index (χ3v) is 4.44. The number of aromatic nitrogens is 1. The highest BCUT2D eigenvalue weighted by Gasteiger charge is 2.12. The summed E-state index contributed by atoms with van der Waals surface area (Å²) in [6, 6.07) is 7.21. The Labute approximate surface area is 152 Å². The molecule has 0 unspecified atom stereocenters. The Morgan fingerprint density at radius 3 is 2.67 bits per heavy atom. The summed E-state index contributed by atoms with van der Waals surface area (Å²) >= 11 is 7.34. The summed E-state index contributed by atoms with van der Waals surface area (Å²) in [6.07, 6.45) is 1.26. The number of hydrogen-bond acceptors (Lipinski definition) is 4. The molecule has 0 spiro atoms. The molecule has 0 saturated carbocycles. The monoisotopic (exact) mass is 366 g/mol. The lowest BCUT2D eigenvalue weighted by atomic mass is 9.92. The summed E-state index contributed by atoms with van der Waals surface area (Å²) in [5, 5.41) is 6.38. The van der Waals surface area contributed by atoms with Crippen LogP contribution in [0.1, 0.15) is 37.9 Å². The van der Waals surface area contributed by atoms with Crippen LogP contribution in [0.4, 0.5) is 0 Å². The Morgan fingerprint density at radius 2 is 2.00 bits per heavy atom. The molecule has 1 aromatic heterocycles. The van der Waals surface area contributed by atoms with Gasteiger partial charge in [-0.05, 0) is 36.1 Å². The van der Waals surface area contributed by atoms with Gasteiger partial charge in [-0.15, -0.1) is 11.3 Å². The Hall–Kier alpha value is -1.59. The topological polar surface area (TPSA) is 51.2 Å². The second kappa shape index (κ2) is 8.49. The number of halogens is 1. The number of hydrogen-bond donors (Lipinski definition) is 1. The van der Waals surface area contributed by atoms with Gasteiger partial charge >= 0.3 is 0 Å². The fourth-order valence-electron chi connectivity index (χ4n) is 1.98. The predicted octanol–water partition coefficient (Wildman–Crippen LogP) is 4.47. The van der Waals surface area contributed by atoms with Crippen molar-refractivity contribution in [2.45, 2.75) is 40.2 Å². The molecular weight excluding hydrogens is 344 g/mol. The highest BCUT2D eigenvalue weighted by Crippen LogP contribution is 2.19. The third kappa shape index (κ3) is 6.89. The largest absolute Gasteiger partial charge is 0.486 e. The molecule has 2 rings (SSSR count). The molecule has 0 radical (unpaired) electrons. The minimum absolute atomic E-state index is 0.00900. The average Bonchev–Trinajstić information content (AvgIpc) is 2.93. The molecule has 1 amide bonds. The number of carbonyl (C=O) groups is 1. The van der Waals surface area contributed by atoms with E-state index in [4.69, 9.17) is 16.3 Å². The first-order valence-corrected chi connectivity index (χ1v) is 9.16. The van der Waals surface area contributed by atoms with Gasteiger partial charge in [-0.3, -0.25) is 4.79 Å². The van der Waals surface area contributed by atoms with Crippen LogP contribution in [-0.4, -0.2) is 17.4 Å². The normalized spacial score (nSPS) is 11.3.